The van der Waals surface area contributed by atoms with Gasteiger partial charge in [-0.2, -0.15) is 0 Å². The molecule has 346 valence electrons. The van der Waals surface area contributed by atoms with Crippen molar-refractivity contribution in [2.24, 2.45) is 0 Å². The van der Waals surface area contributed by atoms with Gasteiger partial charge >= 0.3 is 0 Å². The zero-order valence-electron chi connectivity index (χ0n) is 39.9. The molecule has 0 aliphatic heterocycles. The minimum Gasteiger partial charge on any atom is -0.309 e. The highest BCUT2D eigenvalue weighted by Crippen LogP contribution is 2.39. The molecule has 0 atom stereocenters. The Balaban J connectivity index is 0.741. The first-order valence-electron chi connectivity index (χ1n) is 25.0. The summed E-state index contributed by atoms with van der Waals surface area (Å²) in [6.07, 6.45) is 0. The number of hydrogen-bond donors (Lipinski definition) is 0. The molecule has 0 amide bonds. The maximum Gasteiger partial charge on any atom is 0.193 e. The Morgan fingerprint density at radius 1 is 0.203 bits per heavy atom. The van der Waals surface area contributed by atoms with Crippen molar-refractivity contribution in [1.29, 1.82) is 0 Å². The van der Waals surface area contributed by atoms with Gasteiger partial charge in [-0.3, -0.25) is 9.59 Å². The monoisotopic (exact) mass is 946 g/mol. The fraction of sp³-hybridized carbons (Fsp3) is 0. The normalized spacial score (nSPS) is 11.9. The molecular formula is C68H42N4O2. The number of nitrogens with zero attached hydrogens (tertiary/aromatic N) is 4. The lowest BCUT2D eigenvalue weighted by atomic mass is 9.98. The van der Waals surface area contributed by atoms with E-state index in [1.807, 2.05) is 36.4 Å². The predicted molar refractivity (Wildman–Crippen MR) is 304 cm³/mol. The Morgan fingerprint density at radius 3 is 0.770 bits per heavy atom. The number of carbonyl (C=O) groups is 2. The van der Waals surface area contributed by atoms with Crippen LogP contribution in [-0.2, 0) is 0 Å². The van der Waals surface area contributed by atoms with Crippen LogP contribution in [0.15, 0.2) is 255 Å². The number of rotatable bonds is 8. The minimum atomic E-state index is -0.116. The molecule has 0 aliphatic carbocycles. The molecular weight excluding hydrogens is 905 g/mol. The summed E-state index contributed by atoms with van der Waals surface area (Å²) in [6.45, 7) is 0. The summed E-state index contributed by atoms with van der Waals surface area (Å²) < 4.78 is 9.19. The molecule has 74 heavy (non-hydrogen) atoms. The molecule has 0 N–H and O–H groups in total. The zero-order chi connectivity index (χ0) is 49.0. The van der Waals surface area contributed by atoms with E-state index >= 15 is 0 Å². The fourth-order valence-electron chi connectivity index (χ4n) is 11.8. The van der Waals surface area contributed by atoms with Crippen LogP contribution in [-0.4, -0.2) is 29.8 Å². The summed E-state index contributed by atoms with van der Waals surface area (Å²) in [4.78, 5) is 28.7. The molecule has 0 saturated carbocycles. The van der Waals surface area contributed by atoms with E-state index in [0.717, 1.165) is 88.4 Å². The Bertz CT molecular complexity index is 4420. The average Bonchev–Trinajstić information content (AvgIpc) is 4.20. The van der Waals surface area contributed by atoms with Crippen molar-refractivity contribution < 1.29 is 9.59 Å². The number of carbonyl (C=O) groups excluding carboxylic acids is 2. The van der Waals surface area contributed by atoms with E-state index in [2.05, 4.69) is 212 Å². The summed E-state index contributed by atoms with van der Waals surface area (Å²) in [5, 5.41) is 9.41. The first-order valence-corrected chi connectivity index (χ1v) is 25.0. The van der Waals surface area contributed by atoms with E-state index in [1.165, 1.54) is 21.5 Å². The van der Waals surface area contributed by atoms with Gasteiger partial charge in [-0.15, -0.1) is 0 Å². The Morgan fingerprint density at radius 2 is 0.459 bits per heavy atom. The molecule has 11 aromatic carbocycles. The lowest BCUT2D eigenvalue weighted by Gasteiger charge is -2.12. The average molecular weight is 947 g/mol. The largest absolute Gasteiger partial charge is 0.309 e. The molecule has 0 saturated heterocycles. The van der Waals surface area contributed by atoms with Gasteiger partial charge in [0.05, 0.1) is 44.1 Å². The molecule has 0 bridgehead atoms. The van der Waals surface area contributed by atoms with Crippen LogP contribution in [0.2, 0.25) is 0 Å². The van der Waals surface area contributed by atoms with E-state index in [1.54, 1.807) is 24.3 Å². The maximum atomic E-state index is 14.3. The molecule has 0 unspecified atom stereocenters. The van der Waals surface area contributed by atoms with Crippen molar-refractivity contribution in [3.8, 4) is 22.7 Å². The zero-order valence-corrected chi connectivity index (χ0v) is 39.9. The lowest BCUT2D eigenvalue weighted by Crippen LogP contribution is -2.06. The SMILES string of the molecule is O=C(c1ccc(C(=O)c2cccc(-n3c4ccccc4c4cc(-n5c6ccccc6c6ccccc65)ccc43)c2)cc1)c1cccc(-n2c3ccccc3c3cc(-n4c5ccccc5c5ccccc54)ccc32)c1. The molecule has 0 spiro atoms. The molecule has 6 nitrogen and oxygen atoms in total. The molecule has 4 heterocycles. The lowest BCUT2D eigenvalue weighted by molar-refractivity contribution is 0.102. The quantitative estimate of drug-likeness (QED) is 0.143. The summed E-state index contributed by atoms with van der Waals surface area (Å²) in [6, 6.07) is 87.3. The Kier molecular flexibility index (Phi) is 9.16. The summed E-state index contributed by atoms with van der Waals surface area (Å²) >= 11 is 0. The van der Waals surface area contributed by atoms with E-state index < -0.39 is 0 Å². The van der Waals surface area contributed by atoms with E-state index in [0.29, 0.717) is 22.3 Å². The van der Waals surface area contributed by atoms with Crippen LogP contribution in [0.25, 0.3) is 110 Å². The summed E-state index contributed by atoms with van der Waals surface area (Å²) in [7, 11) is 0. The van der Waals surface area contributed by atoms with Gasteiger partial charge in [-0.25, -0.2) is 0 Å². The van der Waals surface area contributed by atoms with Gasteiger partial charge < -0.3 is 18.3 Å². The number of para-hydroxylation sites is 6. The first-order chi connectivity index (χ1) is 36.6. The molecule has 15 aromatic rings. The van der Waals surface area contributed by atoms with Crippen molar-refractivity contribution in [3.05, 3.63) is 277 Å². The van der Waals surface area contributed by atoms with Crippen molar-refractivity contribution in [1.82, 2.24) is 18.3 Å². The molecule has 15 rings (SSSR count). The van der Waals surface area contributed by atoms with Crippen LogP contribution in [0.1, 0.15) is 31.8 Å². The Hall–Kier alpha value is -10.0. The highest BCUT2D eigenvalue weighted by atomic mass is 16.1. The topological polar surface area (TPSA) is 53.9 Å². The van der Waals surface area contributed by atoms with Crippen molar-refractivity contribution in [3.63, 3.8) is 0 Å². The molecule has 6 heteroatoms. The molecule has 4 aromatic heterocycles. The number of ketones is 2. The van der Waals surface area contributed by atoms with E-state index in [4.69, 9.17) is 0 Å². The Labute approximate surface area is 424 Å². The third kappa shape index (κ3) is 6.25. The predicted octanol–water partition coefficient (Wildman–Crippen LogP) is 16.5. The highest BCUT2D eigenvalue weighted by molar-refractivity contribution is 6.16. The highest BCUT2D eigenvalue weighted by Gasteiger charge is 2.21. The number of benzene rings is 11. The second kappa shape index (κ2) is 16.2. The van der Waals surface area contributed by atoms with Gasteiger partial charge in [0.1, 0.15) is 0 Å². The first kappa shape index (κ1) is 41.7. The molecule has 0 fully saturated rings. The number of fused-ring (bicyclic) bond motifs is 12. The van der Waals surface area contributed by atoms with Gasteiger partial charge in [0.2, 0.25) is 0 Å². The second-order valence-electron chi connectivity index (χ2n) is 19.2. The van der Waals surface area contributed by atoms with Crippen LogP contribution in [0, 0.1) is 0 Å². The van der Waals surface area contributed by atoms with Gasteiger partial charge in [0, 0.05) is 88.1 Å². The van der Waals surface area contributed by atoms with Gasteiger partial charge in [0.25, 0.3) is 0 Å². The van der Waals surface area contributed by atoms with Gasteiger partial charge in [0.15, 0.2) is 11.6 Å². The third-order valence-corrected chi connectivity index (χ3v) is 15.1. The van der Waals surface area contributed by atoms with Gasteiger partial charge in [-0.1, -0.05) is 158 Å². The van der Waals surface area contributed by atoms with E-state index in [9.17, 15) is 9.59 Å². The molecule has 0 aliphatic rings. The molecule has 0 radical (unpaired) electrons. The fourth-order valence-corrected chi connectivity index (χ4v) is 11.8. The van der Waals surface area contributed by atoms with E-state index in [-0.39, 0.29) is 11.6 Å². The van der Waals surface area contributed by atoms with Crippen LogP contribution >= 0.6 is 0 Å². The van der Waals surface area contributed by atoms with Crippen LogP contribution in [0.5, 0.6) is 0 Å². The minimum absolute atomic E-state index is 0.116. The van der Waals surface area contributed by atoms with Crippen molar-refractivity contribution in [2.75, 3.05) is 0 Å². The standard InChI is InChI=1S/C68H42N4O2/c73-67(45-15-13-17-47(39-45)69-63-29-11-5-23-55(63)57-41-49(35-37-65(57)69)71-59-25-7-1-19-51(59)52-20-2-8-26-60(52)71)43-31-33-44(34-32-43)68(74)46-16-14-18-48(40-46)70-64-30-12-6-24-56(64)58-42-50(36-38-66(58)70)72-61-27-9-3-21-53(61)54-22-4-10-28-62(54)72/h1-42H. The summed E-state index contributed by atoms with van der Waals surface area (Å²) in [5.74, 6) is -0.232. The summed E-state index contributed by atoms with van der Waals surface area (Å²) in [5.41, 5.74) is 15.0. The van der Waals surface area contributed by atoms with Crippen molar-refractivity contribution in [2.45, 2.75) is 0 Å². The van der Waals surface area contributed by atoms with Crippen molar-refractivity contribution >= 4 is 98.8 Å². The maximum absolute atomic E-state index is 14.3. The van der Waals surface area contributed by atoms with Crippen LogP contribution in [0.3, 0.4) is 0 Å². The van der Waals surface area contributed by atoms with Gasteiger partial charge in [-0.05, 0) is 97.1 Å². The van der Waals surface area contributed by atoms with Crippen LogP contribution in [0.4, 0.5) is 0 Å². The van der Waals surface area contributed by atoms with Crippen LogP contribution < -0.4 is 0 Å². The second-order valence-corrected chi connectivity index (χ2v) is 19.2. The number of hydrogen-bond acceptors (Lipinski definition) is 2. The number of aromatic nitrogens is 4. The third-order valence-electron chi connectivity index (χ3n) is 15.1. The smallest absolute Gasteiger partial charge is 0.193 e.